The van der Waals surface area contributed by atoms with Crippen LogP contribution < -0.4 is 0 Å². The molecule has 3 aromatic rings. The van der Waals surface area contributed by atoms with E-state index in [1.54, 1.807) is 29.2 Å². The van der Waals surface area contributed by atoms with Gasteiger partial charge in [0.1, 0.15) is 17.1 Å². The number of halogens is 1. The Morgan fingerprint density at radius 1 is 1.25 bits per heavy atom. The molecule has 3 aromatic heterocycles. The molecule has 0 atom stereocenters. The maximum atomic E-state index is 14.1. The lowest BCUT2D eigenvalue weighted by molar-refractivity contribution is 0.0695. The van der Waals surface area contributed by atoms with Crippen LogP contribution in [0, 0.1) is 5.82 Å². The van der Waals surface area contributed by atoms with E-state index in [0.717, 1.165) is 0 Å². The Bertz CT molecular complexity index is 776. The molecule has 5 nitrogen and oxygen atoms in total. The van der Waals surface area contributed by atoms with E-state index < -0.39 is 11.4 Å². The number of fused-ring (bicyclic) bond motifs is 1. The fourth-order valence-electron chi connectivity index (χ4n) is 2.07. The van der Waals surface area contributed by atoms with E-state index in [2.05, 4.69) is 15.1 Å². The third kappa shape index (κ3) is 2.04. The second kappa shape index (κ2) is 4.35. The maximum Gasteiger partial charge on any atom is 0.162 e. The van der Waals surface area contributed by atoms with Crippen LogP contribution in [0.25, 0.3) is 16.8 Å². The van der Waals surface area contributed by atoms with Gasteiger partial charge in [-0.1, -0.05) is 0 Å². The minimum atomic E-state index is -1.32. The third-order valence-electron chi connectivity index (χ3n) is 3.01. The van der Waals surface area contributed by atoms with Gasteiger partial charge in [0.05, 0.1) is 6.20 Å². The van der Waals surface area contributed by atoms with Crippen molar-refractivity contribution in [3.8, 4) is 11.1 Å². The van der Waals surface area contributed by atoms with E-state index in [1.165, 1.54) is 26.1 Å². The molecule has 0 saturated carbocycles. The van der Waals surface area contributed by atoms with Crippen molar-refractivity contribution >= 4 is 5.65 Å². The van der Waals surface area contributed by atoms with Crippen LogP contribution >= 0.6 is 0 Å². The van der Waals surface area contributed by atoms with Crippen LogP contribution in [0.1, 0.15) is 19.5 Å². The Labute approximate surface area is 114 Å². The Morgan fingerprint density at radius 2 is 2.05 bits per heavy atom. The van der Waals surface area contributed by atoms with Gasteiger partial charge in [0.2, 0.25) is 0 Å². The first kappa shape index (κ1) is 12.7. The lowest BCUT2D eigenvalue weighted by atomic mass is 10.0. The molecule has 20 heavy (non-hydrogen) atoms. The Morgan fingerprint density at radius 3 is 2.75 bits per heavy atom. The molecule has 0 fully saturated rings. The quantitative estimate of drug-likeness (QED) is 0.776. The highest BCUT2D eigenvalue weighted by atomic mass is 19.1. The van der Waals surface area contributed by atoms with Gasteiger partial charge in [-0.25, -0.2) is 13.9 Å². The molecule has 0 radical (unpaired) electrons. The zero-order valence-electron chi connectivity index (χ0n) is 11.1. The predicted molar refractivity (Wildman–Crippen MR) is 71.4 cm³/mol. The number of aliphatic hydroxyl groups is 1. The summed E-state index contributed by atoms with van der Waals surface area (Å²) in [6, 6.07) is 3.10. The van der Waals surface area contributed by atoms with E-state index in [1.807, 2.05) is 0 Å². The molecule has 1 N–H and O–H groups in total. The van der Waals surface area contributed by atoms with Crippen molar-refractivity contribution in [2.24, 2.45) is 0 Å². The van der Waals surface area contributed by atoms with Crippen LogP contribution in [0.5, 0.6) is 0 Å². The summed E-state index contributed by atoms with van der Waals surface area (Å²) in [5.41, 5.74) is 0.598. The van der Waals surface area contributed by atoms with E-state index in [9.17, 15) is 9.50 Å². The minimum absolute atomic E-state index is 0.0192. The summed E-state index contributed by atoms with van der Waals surface area (Å²) < 4.78 is 15.7. The largest absolute Gasteiger partial charge is 0.384 e. The molecule has 0 spiro atoms. The van der Waals surface area contributed by atoms with Gasteiger partial charge in [0.25, 0.3) is 0 Å². The Kier molecular flexibility index (Phi) is 2.76. The van der Waals surface area contributed by atoms with Crippen molar-refractivity contribution in [2.45, 2.75) is 19.4 Å². The van der Waals surface area contributed by atoms with Gasteiger partial charge in [0.15, 0.2) is 5.65 Å². The van der Waals surface area contributed by atoms with Crippen LogP contribution in [-0.2, 0) is 5.60 Å². The van der Waals surface area contributed by atoms with E-state index in [0.29, 0.717) is 16.8 Å². The van der Waals surface area contributed by atoms with Crippen LogP contribution in [0.15, 0.2) is 36.9 Å². The second-order valence-corrected chi connectivity index (χ2v) is 5.06. The molecule has 0 aliphatic heterocycles. The van der Waals surface area contributed by atoms with E-state index in [-0.39, 0.29) is 5.69 Å². The van der Waals surface area contributed by atoms with Gasteiger partial charge in [-0.2, -0.15) is 5.10 Å². The van der Waals surface area contributed by atoms with Crippen LogP contribution in [0.3, 0.4) is 0 Å². The van der Waals surface area contributed by atoms with Crippen molar-refractivity contribution < 1.29 is 9.50 Å². The monoisotopic (exact) mass is 272 g/mol. The molecular weight excluding hydrogens is 259 g/mol. The fraction of sp³-hybridized carbons (Fsp3) is 0.214. The van der Waals surface area contributed by atoms with Gasteiger partial charge in [-0.15, -0.1) is 0 Å². The van der Waals surface area contributed by atoms with E-state index >= 15 is 0 Å². The first-order valence-electron chi connectivity index (χ1n) is 6.14. The smallest absolute Gasteiger partial charge is 0.162 e. The van der Waals surface area contributed by atoms with Gasteiger partial charge in [0, 0.05) is 29.7 Å². The van der Waals surface area contributed by atoms with Crippen molar-refractivity contribution in [2.75, 3.05) is 0 Å². The molecule has 0 aromatic carbocycles. The molecule has 0 unspecified atom stereocenters. The van der Waals surface area contributed by atoms with Crippen LogP contribution in [0.2, 0.25) is 0 Å². The van der Waals surface area contributed by atoms with Crippen molar-refractivity contribution in [1.29, 1.82) is 0 Å². The summed E-state index contributed by atoms with van der Waals surface area (Å²) in [5.74, 6) is -0.551. The van der Waals surface area contributed by atoms with Gasteiger partial charge in [-0.3, -0.25) is 4.98 Å². The molecule has 6 heteroatoms. The number of rotatable bonds is 2. The third-order valence-corrected chi connectivity index (χ3v) is 3.01. The number of pyridine rings is 1. The lowest BCUT2D eigenvalue weighted by Gasteiger charge is -2.17. The number of hydrogen-bond donors (Lipinski definition) is 1. The maximum absolute atomic E-state index is 14.1. The highest BCUT2D eigenvalue weighted by Gasteiger charge is 2.23. The molecule has 3 heterocycles. The molecule has 0 amide bonds. The van der Waals surface area contributed by atoms with Crippen LogP contribution in [-0.4, -0.2) is 24.7 Å². The number of hydrogen-bond acceptors (Lipinski definition) is 4. The number of nitrogens with zero attached hydrogens (tertiary/aromatic N) is 4. The molecule has 0 aliphatic carbocycles. The highest BCUT2D eigenvalue weighted by Crippen LogP contribution is 2.27. The first-order chi connectivity index (χ1) is 9.47. The predicted octanol–water partition coefficient (Wildman–Crippen LogP) is 2.16. The second-order valence-electron chi connectivity index (χ2n) is 5.06. The molecule has 0 aliphatic rings. The molecule has 3 rings (SSSR count). The average molecular weight is 272 g/mol. The molecule has 102 valence electrons. The minimum Gasteiger partial charge on any atom is -0.384 e. The summed E-state index contributed by atoms with van der Waals surface area (Å²) in [7, 11) is 0. The zero-order chi connectivity index (χ0) is 14.3. The summed E-state index contributed by atoms with van der Waals surface area (Å²) in [4.78, 5) is 8.24. The van der Waals surface area contributed by atoms with Gasteiger partial charge < -0.3 is 5.11 Å². The molecule has 0 saturated heterocycles. The summed E-state index contributed by atoms with van der Waals surface area (Å²) >= 11 is 0. The van der Waals surface area contributed by atoms with E-state index in [4.69, 9.17) is 0 Å². The Hall–Kier alpha value is -2.34. The standard InChI is InChI=1S/C14H13FN4O/c1-14(2,20)12-11(15)6-9(7-17-12)10-8-18-19-5-3-4-16-13(10)19/h3-8,20H,1-2H3. The first-order valence-corrected chi connectivity index (χ1v) is 6.14. The lowest BCUT2D eigenvalue weighted by Crippen LogP contribution is -2.19. The normalized spacial score (nSPS) is 12.0. The zero-order valence-corrected chi connectivity index (χ0v) is 11.1. The fourth-order valence-corrected chi connectivity index (χ4v) is 2.07. The van der Waals surface area contributed by atoms with Gasteiger partial charge >= 0.3 is 0 Å². The van der Waals surface area contributed by atoms with Crippen LogP contribution in [0.4, 0.5) is 4.39 Å². The van der Waals surface area contributed by atoms with Crippen molar-refractivity contribution in [1.82, 2.24) is 19.6 Å². The Balaban J connectivity index is 2.14. The van der Waals surface area contributed by atoms with Gasteiger partial charge in [-0.05, 0) is 26.0 Å². The number of aromatic nitrogens is 4. The topological polar surface area (TPSA) is 63.3 Å². The average Bonchev–Trinajstić information content (AvgIpc) is 2.80. The molecular formula is C14H13FN4O. The van der Waals surface area contributed by atoms with Crippen molar-refractivity contribution in [3.05, 3.63) is 48.4 Å². The SMILES string of the molecule is CC(C)(O)c1ncc(-c2cnn3cccnc23)cc1F. The summed E-state index contributed by atoms with van der Waals surface area (Å²) in [5, 5.41) is 14.0. The summed E-state index contributed by atoms with van der Waals surface area (Å²) in [6.07, 6.45) is 6.54. The summed E-state index contributed by atoms with van der Waals surface area (Å²) in [6.45, 7) is 2.99. The molecule has 0 bridgehead atoms. The van der Waals surface area contributed by atoms with Crippen molar-refractivity contribution in [3.63, 3.8) is 0 Å². The highest BCUT2D eigenvalue weighted by molar-refractivity contribution is 5.76.